The average molecular weight is 402 g/mol. The van der Waals surface area contributed by atoms with E-state index < -0.39 is 6.04 Å². The minimum absolute atomic E-state index is 0.0886. The monoisotopic (exact) mass is 402 g/mol. The quantitative estimate of drug-likeness (QED) is 0.700. The van der Waals surface area contributed by atoms with Crippen LogP contribution in [-0.2, 0) is 22.6 Å². The maximum Gasteiger partial charge on any atom is 0.242 e. The van der Waals surface area contributed by atoms with Crippen molar-refractivity contribution < 1.29 is 23.5 Å². The maximum absolute atomic E-state index is 13.2. The van der Waals surface area contributed by atoms with Gasteiger partial charge in [-0.3, -0.25) is 9.59 Å². The molecular weight excluding hydrogens is 375 g/mol. The lowest BCUT2D eigenvalue weighted by Gasteiger charge is -2.29. The zero-order valence-electron chi connectivity index (χ0n) is 17.2. The number of carbonyl (C=O) groups is 2. The summed E-state index contributed by atoms with van der Waals surface area (Å²) in [5, 5.41) is 2.74. The summed E-state index contributed by atoms with van der Waals surface area (Å²) in [6, 6.07) is 10.5. The highest BCUT2D eigenvalue weighted by atomic mass is 19.1. The molecule has 0 aliphatic carbocycles. The van der Waals surface area contributed by atoms with Crippen LogP contribution in [0, 0.1) is 5.82 Å². The molecule has 0 aliphatic heterocycles. The van der Waals surface area contributed by atoms with Crippen molar-refractivity contribution in [1.82, 2.24) is 10.2 Å². The van der Waals surface area contributed by atoms with Crippen LogP contribution in [0.3, 0.4) is 0 Å². The molecule has 0 heterocycles. The summed E-state index contributed by atoms with van der Waals surface area (Å²) >= 11 is 0. The summed E-state index contributed by atoms with van der Waals surface area (Å²) < 4.78 is 23.7. The van der Waals surface area contributed by atoms with Gasteiger partial charge in [-0.15, -0.1) is 0 Å². The molecule has 156 valence electrons. The Balaban J connectivity index is 2.25. The van der Waals surface area contributed by atoms with Gasteiger partial charge in [0.2, 0.25) is 11.8 Å². The second-order valence-electron chi connectivity index (χ2n) is 6.58. The van der Waals surface area contributed by atoms with Crippen molar-refractivity contribution in [1.29, 1.82) is 0 Å². The van der Waals surface area contributed by atoms with E-state index in [1.807, 2.05) is 6.92 Å². The lowest BCUT2D eigenvalue weighted by Crippen LogP contribution is -2.48. The number of amides is 2. The van der Waals surface area contributed by atoms with E-state index in [1.54, 1.807) is 44.4 Å². The predicted molar refractivity (Wildman–Crippen MR) is 108 cm³/mol. The van der Waals surface area contributed by atoms with Crippen LogP contribution in [0.2, 0.25) is 0 Å². The molecule has 0 aromatic heterocycles. The average Bonchev–Trinajstić information content (AvgIpc) is 2.72. The van der Waals surface area contributed by atoms with Gasteiger partial charge in [0.1, 0.15) is 11.9 Å². The number of hydrogen-bond donors (Lipinski definition) is 1. The molecule has 2 aromatic rings. The molecule has 7 heteroatoms. The number of halogens is 1. The summed E-state index contributed by atoms with van der Waals surface area (Å²) in [6.07, 6.45) is 0.0886. The van der Waals surface area contributed by atoms with Gasteiger partial charge in [0.05, 0.1) is 20.6 Å². The van der Waals surface area contributed by atoms with Crippen LogP contribution in [0.5, 0.6) is 11.5 Å². The number of benzene rings is 2. The van der Waals surface area contributed by atoms with Crippen LogP contribution in [0.1, 0.15) is 25.0 Å². The number of ether oxygens (including phenoxy) is 2. The molecule has 1 N–H and O–H groups in total. The third-order valence-corrected chi connectivity index (χ3v) is 4.59. The van der Waals surface area contributed by atoms with E-state index in [1.165, 1.54) is 24.1 Å². The van der Waals surface area contributed by atoms with Crippen molar-refractivity contribution in [3.63, 3.8) is 0 Å². The number of likely N-dealkylation sites (N-methyl/N-ethyl adjacent to an activating group) is 1. The van der Waals surface area contributed by atoms with Gasteiger partial charge in [0.15, 0.2) is 11.5 Å². The number of nitrogens with one attached hydrogen (secondary N) is 1. The highest BCUT2D eigenvalue weighted by molar-refractivity contribution is 5.88. The molecular formula is C22H27FN2O4. The van der Waals surface area contributed by atoms with Crippen LogP contribution in [-0.4, -0.2) is 43.5 Å². The Kier molecular flexibility index (Phi) is 8.00. The molecule has 0 bridgehead atoms. The van der Waals surface area contributed by atoms with Gasteiger partial charge in [-0.1, -0.05) is 18.2 Å². The van der Waals surface area contributed by atoms with Crippen LogP contribution in [0.15, 0.2) is 42.5 Å². The second kappa shape index (κ2) is 10.5. The van der Waals surface area contributed by atoms with Gasteiger partial charge >= 0.3 is 0 Å². The highest BCUT2D eigenvalue weighted by Gasteiger charge is 2.26. The van der Waals surface area contributed by atoms with Crippen molar-refractivity contribution in [2.45, 2.75) is 32.9 Å². The molecule has 2 rings (SSSR count). The van der Waals surface area contributed by atoms with E-state index >= 15 is 0 Å². The smallest absolute Gasteiger partial charge is 0.242 e. The molecule has 1 atom stereocenters. The van der Waals surface area contributed by atoms with Gasteiger partial charge in [0.25, 0.3) is 0 Å². The van der Waals surface area contributed by atoms with Crippen molar-refractivity contribution in [3.05, 3.63) is 59.4 Å². The third kappa shape index (κ3) is 5.94. The number of methoxy groups -OCH3 is 2. The first-order valence-corrected chi connectivity index (χ1v) is 9.42. The zero-order valence-corrected chi connectivity index (χ0v) is 17.2. The largest absolute Gasteiger partial charge is 0.493 e. The summed E-state index contributed by atoms with van der Waals surface area (Å²) in [7, 11) is 3.07. The fourth-order valence-electron chi connectivity index (χ4n) is 2.96. The van der Waals surface area contributed by atoms with Crippen molar-refractivity contribution in [2.75, 3.05) is 20.8 Å². The second-order valence-corrected chi connectivity index (χ2v) is 6.58. The molecule has 0 spiro atoms. The third-order valence-electron chi connectivity index (χ3n) is 4.59. The molecule has 0 saturated carbocycles. The van der Waals surface area contributed by atoms with E-state index in [4.69, 9.17) is 9.47 Å². The Morgan fingerprint density at radius 2 is 1.66 bits per heavy atom. The Hall–Kier alpha value is -3.09. The van der Waals surface area contributed by atoms with Crippen LogP contribution >= 0.6 is 0 Å². The van der Waals surface area contributed by atoms with Gasteiger partial charge in [-0.2, -0.15) is 0 Å². The summed E-state index contributed by atoms with van der Waals surface area (Å²) in [5.74, 6) is 0.284. The number of carbonyl (C=O) groups excluding carboxylic acids is 2. The Bertz CT molecular complexity index is 839. The molecule has 0 aliphatic rings. The van der Waals surface area contributed by atoms with Gasteiger partial charge in [-0.05, 0) is 49.2 Å². The molecule has 2 amide bonds. The fraction of sp³-hybridized carbons (Fsp3) is 0.364. The Morgan fingerprint density at radius 1 is 1.03 bits per heavy atom. The zero-order chi connectivity index (χ0) is 21.4. The SMILES string of the molecule is CCNC(=O)C(C)N(Cc1ccc(F)cc1)C(=O)Cc1ccc(OC)c(OC)c1. The van der Waals surface area contributed by atoms with Gasteiger partial charge in [-0.25, -0.2) is 4.39 Å². The summed E-state index contributed by atoms with van der Waals surface area (Å²) in [4.78, 5) is 27.0. The minimum Gasteiger partial charge on any atom is -0.493 e. The van der Waals surface area contributed by atoms with Crippen LogP contribution in [0.25, 0.3) is 0 Å². The van der Waals surface area contributed by atoms with Crippen molar-refractivity contribution in [2.24, 2.45) is 0 Å². The highest BCUT2D eigenvalue weighted by Crippen LogP contribution is 2.28. The van der Waals surface area contributed by atoms with Crippen LogP contribution in [0.4, 0.5) is 4.39 Å². The van der Waals surface area contributed by atoms with Gasteiger partial charge in [0, 0.05) is 13.1 Å². The molecule has 0 fully saturated rings. The first-order chi connectivity index (χ1) is 13.9. The number of rotatable bonds is 9. The molecule has 0 saturated heterocycles. The standard InChI is InChI=1S/C22H27FN2O4/c1-5-24-22(27)15(2)25(14-16-6-9-18(23)10-7-16)21(26)13-17-8-11-19(28-3)20(12-17)29-4/h6-12,15H,5,13-14H2,1-4H3,(H,24,27). The van der Waals surface area contributed by atoms with Crippen LogP contribution < -0.4 is 14.8 Å². The number of hydrogen-bond acceptors (Lipinski definition) is 4. The Morgan fingerprint density at radius 3 is 2.24 bits per heavy atom. The molecule has 2 aromatic carbocycles. The van der Waals surface area contributed by atoms with Crippen molar-refractivity contribution >= 4 is 11.8 Å². The lowest BCUT2D eigenvalue weighted by atomic mass is 10.1. The van der Waals surface area contributed by atoms with E-state index in [9.17, 15) is 14.0 Å². The normalized spacial score (nSPS) is 11.5. The summed E-state index contributed by atoms with van der Waals surface area (Å²) in [5.41, 5.74) is 1.48. The fourth-order valence-corrected chi connectivity index (χ4v) is 2.96. The molecule has 1 unspecified atom stereocenters. The van der Waals surface area contributed by atoms with E-state index in [0.717, 1.165) is 11.1 Å². The maximum atomic E-state index is 13.2. The van der Waals surface area contributed by atoms with E-state index in [-0.39, 0.29) is 30.6 Å². The predicted octanol–water partition coefficient (Wildman–Crippen LogP) is 2.94. The topological polar surface area (TPSA) is 67.9 Å². The minimum atomic E-state index is -0.673. The molecule has 6 nitrogen and oxygen atoms in total. The number of nitrogens with zero attached hydrogens (tertiary/aromatic N) is 1. The molecule has 0 radical (unpaired) electrons. The van der Waals surface area contributed by atoms with E-state index in [2.05, 4.69) is 5.32 Å². The first kappa shape index (κ1) is 22.2. The van der Waals surface area contributed by atoms with Crippen molar-refractivity contribution in [3.8, 4) is 11.5 Å². The summed E-state index contributed by atoms with van der Waals surface area (Å²) in [6.45, 7) is 4.17. The first-order valence-electron chi connectivity index (χ1n) is 9.42. The molecule has 29 heavy (non-hydrogen) atoms. The Labute approximate surface area is 170 Å². The van der Waals surface area contributed by atoms with E-state index in [0.29, 0.717) is 18.0 Å². The van der Waals surface area contributed by atoms with Gasteiger partial charge < -0.3 is 19.7 Å². The lowest BCUT2D eigenvalue weighted by molar-refractivity contribution is -0.140.